The van der Waals surface area contributed by atoms with Crippen LogP contribution in [0.1, 0.15) is 10.4 Å². The summed E-state index contributed by atoms with van der Waals surface area (Å²) in [5.41, 5.74) is -0.163. The molecule has 0 spiro atoms. The van der Waals surface area contributed by atoms with Crippen molar-refractivity contribution >= 4 is 39.2 Å². The number of esters is 1. The smallest absolute Gasteiger partial charge is 0.341 e. The molecule has 7 nitrogen and oxygen atoms in total. The Hall–Kier alpha value is -2.49. The number of amides is 1. The monoisotopic (exact) mass is 400 g/mol. The Morgan fingerprint density at radius 2 is 1.81 bits per heavy atom. The lowest BCUT2D eigenvalue weighted by Crippen LogP contribution is -2.22. The van der Waals surface area contributed by atoms with Crippen LogP contribution in [0.5, 0.6) is 0 Å². The van der Waals surface area contributed by atoms with Crippen LogP contribution in [0.15, 0.2) is 47.4 Å². The highest BCUT2D eigenvalue weighted by Crippen LogP contribution is 2.16. The number of anilines is 1. The summed E-state index contributed by atoms with van der Waals surface area (Å²) in [6.45, 7) is -0.677. The van der Waals surface area contributed by atoms with Crippen molar-refractivity contribution in [2.24, 2.45) is 0 Å². The van der Waals surface area contributed by atoms with E-state index in [1.54, 1.807) is 24.3 Å². The fourth-order valence-electron chi connectivity index (χ4n) is 1.88. The van der Waals surface area contributed by atoms with Gasteiger partial charge >= 0.3 is 5.97 Å². The standard InChI is InChI=1S/C16H14ClFN2O5S/c1-19-26(23,24)12-6-7-14(18)13(8-12)16(22)25-9-15(21)20-11-4-2-10(17)3-5-11/h2-8,19H,9H2,1H3,(H,20,21). The van der Waals surface area contributed by atoms with Crippen molar-refractivity contribution in [3.63, 3.8) is 0 Å². The second-order valence-corrected chi connectivity index (χ2v) is 7.30. The van der Waals surface area contributed by atoms with E-state index in [0.29, 0.717) is 10.7 Å². The zero-order chi connectivity index (χ0) is 19.3. The minimum Gasteiger partial charge on any atom is -0.452 e. The summed E-state index contributed by atoms with van der Waals surface area (Å²) in [5, 5.41) is 2.95. The van der Waals surface area contributed by atoms with Gasteiger partial charge in [0.05, 0.1) is 10.5 Å². The van der Waals surface area contributed by atoms with Gasteiger partial charge in [-0.3, -0.25) is 4.79 Å². The van der Waals surface area contributed by atoms with Crippen molar-refractivity contribution in [1.82, 2.24) is 4.72 Å². The third kappa shape index (κ3) is 5.01. The highest BCUT2D eigenvalue weighted by atomic mass is 35.5. The van der Waals surface area contributed by atoms with Crippen LogP contribution in [0.4, 0.5) is 10.1 Å². The lowest BCUT2D eigenvalue weighted by atomic mass is 10.2. The maximum absolute atomic E-state index is 13.8. The minimum atomic E-state index is -3.86. The SMILES string of the molecule is CNS(=O)(=O)c1ccc(F)c(C(=O)OCC(=O)Nc2ccc(Cl)cc2)c1. The summed E-state index contributed by atoms with van der Waals surface area (Å²) in [4.78, 5) is 23.4. The highest BCUT2D eigenvalue weighted by molar-refractivity contribution is 7.89. The number of carbonyl (C=O) groups is 2. The zero-order valence-corrected chi connectivity index (χ0v) is 15.0. The average Bonchev–Trinajstić information content (AvgIpc) is 2.62. The molecule has 10 heteroatoms. The number of carbonyl (C=O) groups excluding carboxylic acids is 2. The van der Waals surface area contributed by atoms with Crippen LogP contribution in [0.25, 0.3) is 0 Å². The van der Waals surface area contributed by atoms with E-state index < -0.39 is 39.9 Å². The van der Waals surface area contributed by atoms with E-state index in [1.807, 2.05) is 4.72 Å². The van der Waals surface area contributed by atoms with E-state index in [-0.39, 0.29) is 4.90 Å². The molecule has 0 aromatic heterocycles. The first-order chi connectivity index (χ1) is 12.2. The number of rotatable bonds is 6. The first-order valence-electron chi connectivity index (χ1n) is 7.18. The largest absolute Gasteiger partial charge is 0.452 e. The maximum Gasteiger partial charge on any atom is 0.341 e. The first kappa shape index (κ1) is 19.8. The van der Waals surface area contributed by atoms with Crippen molar-refractivity contribution < 1.29 is 27.1 Å². The van der Waals surface area contributed by atoms with Crippen molar-refractivity contribution in [2.75, 3.05) is 19.0 Å². The third-order valence-electron chi connectivity index (χ3n) is 3.20. The molecule has 0 aliphatic heterocycles. The summed E-state index contributed by atoms with van der Waals surface area (Å²) in [6, 6.07) is 8.89. The van der Waals surface area contributed by atoms with E-state index in [4.69, 9.17) is 16.3 Å². The van der Waals surface area contributed by atoms with Gasteiger partial charge in [0.15, 0.2) is 6.61 Å². The Kier molecular flexibility index (Phi) is 6.30. The molecular formula is C16H14ClFN2O5S. The predicted molar refractivity (Wildman–Crippen MR) is 93.0 cm³/mol. The van der Waals surface area contributed by atoms with Gasteiger partial charge in [0, 0.05) is 10.7 Å². The summed E-state index contributed by atoms with van der Waals surface area (Å²) >= 11 is 5.72. The van der Waals surface area contributed by atoms with E-state index in [1.165, 1.54) is 7.05 Å². The van der Waals surface area contributed by atoms with Gasteiger partial charge < -0.3 is 10.1 Å². The molecule has 26 heavy (non-hydrogen) atoms. The van der Waals surface area contributed by atoms with Gasteiger partial charge in [-0.25, -0.2) is 22.3 Å². The van der Waals surface area contributed by atoms with Crippen LogP contribution in [0.2, 0.25) is 5.02 Å². The Bertz CT molecular complexity index is 932. The number of sulfonamides is 1. The zero-order valence-electron chi connectivity index (χ0n) is 13.5. The third-order valence-corrected chi connectivity index (χ3v) is 4.86. The molecule has 0 fully saturated rings. The van der Waals surface area contributed by atoms with Gasteiger partial charge in [-0.05, 0) is 49.5 Å². The molecule has 0 saturated carbocycles. The normalized spacial score (nSPS) is 11.0. The van der Waals surface area contributed by atoms with Gasteiger partial charge in [-0.1, -0.05) is 11.6 Å². The lowest BCUT2D eigenvalue weighted by molar-refractivity contribution is -0.119. The second kappa shape index (κ2) is 8.26. The Labute approximate surface area is 154 Å². The molecule has 2 aromatic carbocycles. The number of halogens is 2. The second-order valence-electron chi connectivity index (χ2n) is 4.98. The Balaban J connectivity index is 2.04. The van der Waals surface area contributed by atoms with E-state index in [9.17, 15) is 22.4 Å². The highest BCUT2D eigenvalue weighted by Gasteiger charge is 2.20. The van der Waals surface area contributed by atoms with Crippen molar-refractivity contribution in [2.45, 2.75) is 4.90 Å². The number of hydrogen-bond acceptors (Lipinski definition) is 5. The summed E-state index contributed by atoms with van der Waals surface area (Å²) in [5.74, 6) is -2.79. The molecule has 2 rings (SSSR count). The Morgan fingerprint density at radius 3 is 2.42 bits per heavy atom. The molecule has 2 aromatic rings. The fraction of sp³-hybridized carbons (Fsp3) is 0.125. The van der Waals surface area contributed by atoms with Crippen LogP contribution in [-0.4, -0.2) is 33.9 Å². The summed E-state index contributed by atoms with van der Waals surface area (Å²) in [7, 11) is -2.68. The maximum atomic E-state index is 13.8. The molecule has 0 bridgehead atoms. The van der Waals surface area contributed by atoms with Crippen LogP contribution in [0.3, 0.4) is 0 Å². The molecule has 0 aliphatic rings. The van der Waals surface area contributed by atoms with Gasteiger partial charge in [-0.2, -0.15) is 0 Å². The predicted octanol–water partition coefficient (Wildman–Crippen LogP) is 2.18. The van der Waals surface area contributed by atoms with Gasteiger partial charge in [-0.15, -0.1) is 0 Å². The minimum absolute atomic E-state index is 0.307. The van der Waals surface area contributed by atoms with Gasteiger partial charge in [0.25, 0.3) is 5.91 Å². The first-order valence-corrected chi connectivity index (χ1v) is 9.04. The summed E-state index contributed by atoms with van der Waals surface area (Å²) in [6.07, 6.45) is 0. The van der Waals surface area contributed by atoms with Gasteiger partial charge in [0.1, 0.15) is 5.82 Å². The van der Waals surface area contributed by atoms with Crippen molar-refractivity contribution in [3.8, 4) is 0 Å². The molecule has 1 amide bonds. The topological polar surface area (TPSA) is 102 Å². The molecule has 0 unspecified atom stereocenters. The number of hydrogen-bond donors (Lipinski definition) is 2. The average molecular weight is 401 g/mol. The molecule has 0 aliphatic carbocycles. The summed E-state index contributed by atoms with van der Waals surface area (Å²) < 4.78 is 44.0. The van der Waals surface area contributed by atoms with E-state index >= 15 is 0 Å². The number of ether oxygens (including phenoxy) is 1. The van der Waals surface area contributed by atoms with Crippen molar-refractivity contribution in [1.29, 1.82) is 0 Å². The molecule has 0 heterocycles. The molecular weight excluding hydrogens is 387 g/mol. The number of benzene rings is 2. The number of nitrogens with one attached hydrogen (secondary N) is 2. The van der Waals surface area contributed by atoms with Crippen LogP contribution in [-0.2, 0) is 19.6 Å². The van der Waals surface area contributed by atoms with Crippen LogP contribution < -0.4 is 10.0 Å². The molecule has 0 radical (unpaired) electrons. The fourth-order valence-corrected chi connectivity index (χ4v) is 2.77. The Morgan fingerprint density at radius 1 is 1.15 bits per heavy atom. The van der Waals surface area contributed by atoms with Crippen molar-refractivity contribution in [3.05, 3.63) is 58.9 Å². The quantitative estimate of drug-likeness (QED) is 0.724. The molecule has 2 N–H and O–H groups in total. The molecule has 138 valence electrons. The van der Waals surface area contributed by atoms with E-state index in [0.717, 1.165) is 18.2 Å². The molecule has 0 saturated heterocycles. The molecule has 0 atom stereocenters. The van der Waals surface area contributed by atoms with Crippen LogP contribution in [0, 0.1) is 5.82 Å². The lowest BCUT2D eigenvalue weighted by Gasteiger charge is -2.09. The van der Waals surface area contributed by atoms with Gasteiger partial charge in [0.2, 0.25) is 10.0 Å². The van der Waals surface area contributed by atoms with E-state index in [2.05, 4.69) is 5.32 Å². The van der Waals surface area contributed by atoms with Crippen LogP contribution >= 0.6 is 11.6 Å².